The second kappa shape index (κ2) is 10.1. The van der Waals surface area contributed by atoms with Crippen LogP contribution in [0.2, 0.25) is 5.02 Å². The zero-order valence-electron chi connectivity index (χ0n) is 16.7. The van der Waals surface area contributed by atoms with Crippen molar-refractivity contribution >= 4 is 23.6 Å². The summed E-state index contributed by atoms with van der Waals surface area (Å²) in [6, 6.07) is 11.4. The van der Waals surface area contributed by atoms with E-state index < -0.39 is 0 Å². The highest BCUT2D eigenvalue weighted by Crippen LogP contribution is 2.21. The summed E-state index contributed by atoms with van der Waals surface area (Å²) in [6.07, 6.45) is 8.55. The molecular formula is C23H25ClN2O3. The molecule has 0 spiro atoms. The SMILES string of the molecule is CCCCc1ncc(/C=C(\Cc2ccco2)C(=O)OC)n1Cc1ccccc1Cl. The van der Waals surface area contributed by atoms with Crippen LogP contribution in [0.25, 0.3) is 6.08 Å². The number of halogens is 1. The van der Waals surface area contributed by atoms with Crippen LogP contribution >= 0.6 is 11.6 Å². The minimum atomic E-state index is -0.387. The Morgan fingerprint density at radius 2 is 2.10 bits per heavy atom. The summed E-state index contributed by atoms with van der Waals surface area (Å²) in [5, 5.41) is 0.710. The standard InChI is InChI=1S/C23H25ClN2O3/c1-3-4-11-22-25-15-19(26(22)16-17-8-5-6-10-21(17)24)13-18(23(27)28-2)14-20-9-7-12-29-20/h5-10,12-13,15H,3-4,11,14,16H2,1-2H3/b18-13+. The summed E-state index contributed by atoms with van der Waals surface area (Å²) in [5.41, 5.74) is 2.35. The molecule has 0 saturated carbocycles. The normalized spacial score (nSPS) is 11.6. The quantitative estimate of drug-likeness (QED) is 0.352. The van der Waals surface area contributed by atoms with Crippen LogP contribution in [0.5, 0.6) is 0 Å². The van der Waals surface area contributed by atoms with Gasteiger partial charge >= 0.3 is 5.97 Å². The molecule has 0 atom stereocenters. The highest BCUT2D eigenvalue weighted by atomic mass is 35.5. The molecular weight excluding hydrogens is 388 g/mol. The number of furan rings is 1. The van der Waals surface area contributed by atoms with Crippen molar-refractivity contribution in [3.05, 3.63) is 82.3 Å². The van der Waals surface area contributed by atoms with Gasteiger partial charge in [0.05, 0.1) is 31.8 Å². The maximum absolute atomic E-state index is 12.4. The van der Waals surface area contributed by atoms with Gasteiger partial charge in [0.2, 0.25) is 0 Å². The van der Waals surface area contributed by atoms with Crippen molar-refractivity contribution in [2.24, 2.45) is 0 Å². The van der Waals surface area contributed by atoms with E-state index in [0.717, 1.165) is 36.3 Å². The van der Waals surface area contributed by atoms with Crippen LogP contribution in [-0.2, 0) is 28.9 Å². The average molecular weight is 413 g/mol. The highest BCUT2D eigenvalue weighted by Gasteiger charge is 2.16. The molecule has 1 aromatic carbocycles. The summed E-state index contributed by atoms with van der Waals surface area (Å²) in [7, 11) is 1.38. The molecule has 0 aliphatic heterocycles. The number of unbranched alkanes of at least 4 members (excludes halogenated alkanes) is 1. The van der Waals surface area contributed by atoms with E-state index in [1.807, 2.05) is 36.4 Å². The molecule has 0 fully saturated rings. The van der Waals surface area contributed by atoms with Crippen LogP contribution in [-0.4, -0.2) is 22.6 Å². The van der Waals surface area contributed by atoms with E-state index in [1.54, 1.807) is 18.5 Å². The first-order chi connectivity index (χ1) is 14.1. The Kier molecular flexibility index (Phi) is 7.30. The highest BCUT2D eigenvalue weighted by molar-refractivity contribution is 6.31. The smallest absolute Gasteiger partial charge is 0.334 e. The van der Waals surface area contributed by atoms with Crippen molar-refractivity contribution in [3.8, 4) is 0 Å². The summed E-state index contributed by atoms with van der Waals surface area (Å²) in [6.45, 7) is 2.74. The number of rotatable bonds is 9. The minimum absolute atomic E-state index is 0.348. The van der Waals surface area contributed by atoms with Crippen molar-refractivity contribution in [3.63, 3.8) is 0 Å². The third-order valence-electron chi connectivity index (χ3n) is 4.72. The second-order valence-corrected chi connectivity index (χ2v) is 7.20. The number of esters is 1. The van der Waals surface area contributed by atoms with Gasteiger partial charge in [-0.1, -0.05) is 43.1 Å². The Morgan fingerprint density at radius 3 is 2.79 bits per heavy atom. The lowest BCUT2D eigenvalue weighted by atomic mass is 10.1. The number of benzene rings is 1. The molecule has 0 bridgehead atoms. The molecule has 6 heteroatoms. The number of ether oxygens (including phenoxy) is 1. The summed E-state index contributed by atoms with van der Waals surface area (Å²) in [4.78, 5) is 17.0. The Morgan fingerprint density at radius 1 is 1.28 bits per heavy atom. The number of methoxy groups -OCH3 is 1. The Hall–Kier alpha value is -2.79. The molecule has 0 aliphatic carbocycles. The summed E-state index contributed by atoms with van der Waals surface area (Å²) < 4.78 is 12.5. The molecule has 0 N–H and O–H groups in total. The Labute approximate surface area is 176 Å². The van der Waals surface area contributed by atoms with Crippen LogP contribution in [0.4, 0.5) is 0 Å². The van der Waals surface area contributed by atoms with Gasteiger partial charge in [0.25, 0.3) is 0 Å². The molecule has 5 nitrogen and oxygen atoms in total. The second-order valence-electron chi connectivity index (χ2n) is 6.80. The first-order valence-electron chi connectivity index (χ1n) is 9.71. The number of hydrogen-bond acceptors (Lipinski definition) is 4. The molecule has 29 heavy (non-hydrogen) atoms. The van der Waals surface area contributed by atoms with E-state index in [-0.39, 0.29) is 5.97 Å². The third-order valence-corrected chi connectivity index (χ3v) is 5.09. The van der Waals surface area contributed by atoms with Crippen LogP contribution < -0.4 is 0 Å². The number of aryl methyl sites for hydroxylation is 1. The van der Waals surface area contributed by atoms with Crippen LogP contribution in [0.15, 0.2) is 58.8 Å². The molecule has 3 aromatic rings. The van der Waals surface area contributed by atoms with Crippen LogP contribution in [0, 0.1) is 0 Å². The molecule has 0 saturated heterocycles. The summed E-state index contributed by atoms with van der Waals surface area (Å²) >= 11 is 6.39. The molecule has 0 amide bonds. The van der Waals surface area contributed by atoms with Crippen LogP contribution in [0.1, 0.15) is 42.6 Å². The lowest BCUT2D eigenvalue weighted by molar-refractivity contribution is -0.136. The predicted molar refractivity (Wildman–Crippen MR) is 114 cm³/mol. The molecule has 0 unspecified atom stereocenters. The lowest BCUT2D eigenvalue weighted by Gasteiger charge is -2.13. The van der Waals surface area contributed by atoms with Gasteiger partial charge in [-0.2, -0.15) is 0 Å². The van der Waals surface area contributed by atoms with E-state index in [2.05, 4.69) is 16.5 Å². The number of imidazole rings is 1. The number of carbonyl (C=O) groups is 1. The van der Waals surface area contributed by atoms with Crippen molar-refractivity contribution in [1.82, 2.24) is 9.55 Å². The molecule has 0 aliphatic rings. The third kappa shape index (κ3) is 5.39. The van der Waals surface area contributed by atoms with E-state index in [1.165, 1.54) is 7.11 Å². The largest absolute Gasteiger partial charge is 0.469 e. The number of hydrogen-bond donors (Lipinski definition) is 0. The van der Waals surface area contributed by atoms with Crippen molar-refractivity contribution in [2.45, 2.75) is 39.2 Å². The zero-order chi connectivity index (χ0) is 20.6. The average Bonchev–Trinajstić information content (AvgIpc) is 3.37. The van der Waals surface area contributed by atoms with E-state index in [0.29, 0.717) is 29.3 Å². The van der Waals surface area contributed by atoms with Gasteiger partial charge < -0.3 is 13.7 Å². The first kappa shape index (κ1) is 20.9. The van der Waals surface area contributed by atoms with E-state index in [9.17, 15) is 4.79 Å². The fourth-order valence-corrected chi connectivity index (χ4v) is 3.35. The van der Waals surface area contributed by atoms with Gasteiger partial charge in [0, 0.05) is 23.4 Å². The lowest BCUT2D eigenvalue weighted by Crippen LogP contribution is -2.10. The number of aromatic nitrogens is 2. The van der Waals surface area contributed by atoms with Gasteiger partial charge in [-0.25, -0.2) is 9.78 Å². The fraction of sp³-hybridized carbons (Fsp3) is 0.304. The zero-order valence-corrected chi connectivity index (χ0v) is 17.5. The van der Waals surface area contributed by atoms with Crippen molar-refractivity contribution in [1.29, 1.82) is 0 Å². The van der Waals surface area contributed by atoms with Gasteiger partial charge in [-0.05, 0) is 36.3 Å². The van der Waals surface area contributed by atoms with E-state index in [4.69, 9.17) is 20.8 Å². The predicted octanol–water partition coefficient (Wildman–Crippen LogP) is 5.32. The van der Waals surface area contributed by atoms with Crippen molar-refractivity contribution < 1.29 is 13.9 Å². The molecule has 2 aromatic heterocycles. The van der Waals surface area contributed by atoms with Gasteiger partial charge in [0.1, 0.15) is 11.6 Å². The number of carbonyl (C=O) groups excluding carboxylic acids is 1. The van der Waals surface area contributed by atoms with Crippen LogP contribution in [0.3, 0.4) is 0 Å². The first-order valence-corrected chi connectivity index (χ1v) is 10.1. The maximum atomic E-state index is 12.4. The maximum Gasteiger partial charge on any atom is 0.334 e. The van der Waals surface area contributed by atoms with Gasteiger partial charge in [-0.3, -0.25) is 0 Å². The molecule has 3 rings (SSSR count). The Bertz CT molecular complexity index is 974. The molecule has 152 valence electrons. The molecule has 2 heterocycles. The summed E-state index contributed by atoms with van der Waals surface area (Å²) in [5.74, 6) is 1.28. The van der Waals surface area contributed by atoms with Gasteiger partial charge in [-0.15, -0.1) is 0 Å². The molecule has 0 radical (unpaired) electrons. The number of nitrogens with zero attached hydrogens (tertiary/aromatic N) is 2. The monoisotopic (exact) mass is 412 g/mol. The minimum Gasteiger partial charge on any atom is -0.469 e. The Balaban J connectivity index is 1.99. The fourth-order valence-electron chi connectivity index (χ4n) is 3.15. The topological polar surface area (TPSA) is 57.3 Å². The van der Waals surface area contributed by atoms with Gasteiger partial charge in [0.15, 0.2) is 0 Å². The van der Waals surface area contributed by atoms with Crippen molar-refractivity contribution in [2.75, 3.05) is 7.11 Å². The van der Waals surface area contributed by atoms with E-state index >= 15 is 0 Å².